The molecule has 0 radical (unpaired) electrons. The van der Waals surface area contributed by atoms with Crippen LogP contribution in [0.3, 0.4) is 0 Å². The monoisotopic (exact) mass is 544 g/mol. The van der Waals surface area contributed by atoms with Gasteiger partial charge in [0.1, 0.15) is 24.3 Å². The fourth-order valence-electron chi connectivity index (χ4n) is 2.65. The summed E-state index contributed by atoms with van der Waals surface area (Å²) in [4.78, 5) is 16.1. The van der Waals surface area contributed by atoms with E-state index in [0.717, 1.165) is 5.56 Å². The van der Waals surface area contributed by atoms with Crippen LogP contribution in [0.1, 0.15) is 22.8 Å². The van der Waals surface area contributed by atoms with Crippen LogP contribution in [0.15, 0.2) is 53.5 Å². The molecule has 4 N–H and O–H groups in total. The number of benzene rings is 2. The van der Waals surface area contributed by atoms with Gasteiger partial charge in [0, 0.05) is 25.7 Å². The second-order valence-electron chi connectivity index (χ2n) is 6.59. The Balaban J connectivity index is 0.00000480. The van der Waals surface area contributed by atoms with Gasteiger partial charge in [0.05, 0.1) is 6.54 Å². The first kappa shape index (κ1) is 26.6. The Morgan fingerprint density at radius 1 is 1.19 bits per heavy atom. The van der Waals surface area contributed by atoms with E-state index in [0.29, 0.717) is 36.8 Å². The SMILES string of the molecule is CCNC(=NCC(O)COc1ccc(F)cc1)NCCc1cccc(C(=O)NC)c1.I. The molecule has 0 heterocycles. The maximum Gasteiger partial charge on any atom is 0.251 e. The summed E-state index contributed by atoms with van der Waals surface area (Å²) in [5, 5.41) is 19.0. The molecule has 0 aliphatic rings. The summed E-state index contributed by atoms with van der Waals surface area (Å²) in [6.07, 6.45) is -0.0828. The predicted octanol–water partition coefficient (Wildman–Crippen LogP) is 2.34. The third-order valence-corrected chi connectivity index (χ3v) is 4.18. The molecule has 2 aromatic rings. The predicted molar refractivity (Wildman–Crippen MR) is 131 cm³/mol. The van der Waals surface area contributed by atoms with Crippen LogP contribution in [0.25, 0.3) is 0 Å². The van der Waals surface area contributed by atoms with Crippen molar-refractivity contribution in [1.29, 1.82) is 0 Å². The van der Waals surface area contributed by atoms with E-state index in [1.807, 2.05) is 25.1 Å². The molecule has 0 spiro atoms. The molecule has 0 aromatic heterocycles. The molecule has 0 bridgehead atoms. The number of nitrogens with zero attached hydrogens (tertiary/aromatic N) is 1. The highest BCUT2D eigenvalue weighted by molar-refractivity contribution is 14.0. The van der Waals surface area contributed by atoms with Crippen molar-refractivity contribution in [2.45, 2.75) is 19.4 Å². The first-order valence-electron chi connectivity index (χ1n) is 9.91. The molecule has 0 saturated carbocycles. The van der Waals surface area contributed by atoms with Gasteiger partial charge in [0.2, 0.25) is 0 Å². The second kappa shape index (κ2) is 14.6. The van der Waals surface area contributed by atoms with E-state index in [-0.39, 0.29) is 48.9 Å². The number of nitrogens with one attached hydrogen (secondary N) is 3. The van der Waals surface area contributed by atoms with Crippen molar-refractivity contribution in [1.82, 2.24) is 16.0 Å². The van der Waals surface area contributed by atoms with Gasteiger partial charge in [0.15, 0.2) is 5.96 Å². The minimum Gasteiger partial charge on any atom is -0.491 e. The third-order valence-electron chi connectivity index (χ3n) is 4.18. The fourth-order valence-corrected chi connectivity index (χ4v) is 2.65. The van der Waals surface area contributed by atoms with Gasteiger partial charge in [-0.05, 0) is 55.3 Å². The summed E-state index contributed by atoms with van der Waals surface area (Å²) in [5.41, 5.74) is 1.66. The van der Waals surface area contributed by atoms with E-state index >= 15 is 0 Å². The molecule has 0 saturated heterocycles. The molecule has 1 amide bonds. The van der Waals surface area contributed by atoms with Gasteiger partial charge in [0.25, 0.3) is 5.91 Å². The van der Waals surface area contributed by atoms with Crippen LogP contribution in [0, 0.1) is 5.82 Å². The minimum absolute atomic E-state index is 0. The number of aliphatic hydroxyl groups excluding tert-OH is 1. The molecule has 0 aliphatic carbocycles. The Labute approximate surface area is 199 Å². The maximum absolute atomic E-state index is 12.9. The molecule has 1 unspecified atom stereocenters. The summed E-state index contributed by atoms with van der Waals surface area (Å²) in [7, 11) is 1.61. The van der Waals surface area contributed by atoms with Crippen molar-refractivity contribution in [3.63, 3.8) is 0 Å². The highest BCUT2D eigenvalue weighted by Crippen LogP contribution is 2.11. The number of carbonyl (C=O) groups excluding carboxylic acids is 1. The molecule has 9 heteroatoms. The van der Waals surface area contributed by atoms with Crippen molar-refractivity contribution in [3.8, 4) is 5.75 Å². The highest BCUT2D eigenvalue weighted by atomic mass is 127. The highest BCUT2D eigenvalue weighted by Gasteiger charge is 2.07. The Bertz CT molecular complexity index is 834. The number of halogens is 2. The summed E-state index contributed by atoms with van der Waals surface area (Å²) in [6, 6.07) is 13.1. The van der Waals surface area contributed by atoms with E-state index < -0.39 is 6.10 Å². The van der Waals surface area contributed by atoms with Crippen molar-refractivity contribution in [2.24, 2.45) is 4.99 Å². The van der Waals surface area contributed by atoms with Gasteiger partial charge < -0.3 is 25.8 Å². The summed E-state index contributed by atoms with van der Waals surface area (Å²) in [5.74, 6) is 0.620. The first-order valence-corrected chi connectivity index (χ1v) is 9.91. The van der Waals surface area contributed by atoms with Gasteiger partial charge in [-0.1, -0.05) is 12.1 Å². The van der Waals surface area contributed by atoms with Crippen molar-refractivity contribution in [3.05, 3.63) is 65.5 Å². The van der Waals surface area contributed by atoms with Crippen molar-refractivity contribution < 1.29 is 19.0 Å². The fraction of sp³-hybridized carbons (Fsp3) is 0.364. The number of guanidine groups is 1. The minimum atomic E-state index is -0.797. The van der Waals surface area contributed by atoms with Crippen LogP contribution >= 0.6 is 24.0 Å². The van der Waals surface area contributed by atoms with Crippen molar-refractivity contribution >= 4 is 35.8 Å². The number of amides is 1. The maximum atomic E-state index is 12.9. The van der Waals surface area contributed by atoms with Crippen molar-refractivity contribution in [2.75, 3.05) is 33.3 Å². The van der Waals surface area contributed by atoms with E-state index in [1.54, 1.807) is 13.1 Å². The number of aliphatic hydroxyl groups is 1. The standard InChI is InChI=1S/C22H29FN4O3.HI/c1-3-25-22(26-12-11-16-5-4-6-17(13-16)21(29)24-2)27-14-19(28)15-30-20-9-7-18(23)8-10-20;/h4-10,13,19,28H,3,11-12,14-15H2,1-2H3,(H,24,29)(H2,25,26,27);1H. The number of carbonyl (C=O) groups is 1. The first-order chi connectivity index (χ1) is 14.5. The Kier molecular flexibility index (Phi) is 12.5. The molecule has 1 atom stereocenters. The zero-order chi connectivity index (χ0) is 21.8. The lowest BCUT2D eigenvalue weighted by Crippen LogP contribution is -2.39. The van der Waals surface area contributed by atoms with Gasteiger partial charge in [-0.3, -0.25) is 9.79 Å². The van der Waals surface area contributed by atoms with E-state index in [4.69, 9.17) is 4.74 Å². The van der Waals surface area contributed by atoms with Crippen LogP contribution < -0.4 is 20.7 Å². The number of hydrogen-bond acceptors (Lipinski definition) is 4. The summed E-state index contributed by atoms with van der Waals surface area (Å²) < 4.78 is 18.3. The van der Waals surface area contributed by atoms with E-state index in [1.165, 1.54) is 24.3 Å². The van der Waals surface area contributed by atoms with E-state index in [9.17, 15) is 14.3 Å². The molecule has 0 fully saturated rings. The average molecular weight is 544 g/mol. The lowest BCUT2D eigenvalue weighted by atomic mass is 10.1. The number of rotatable bonds is 10. The van der Waals surface area contributed by atoms with Gasteiger partial charge in [-0.2, -0.15) is 0 Å². The lowest BCUT2D eigenvalue weighted by Gasteiger charge is -2.14. The Morgan fingerprint density at radius 2 is 1.94 bits per heavy atom. The number of ether oxygens (including phenoxy) is 1. The van der Waals surface area contributed by atoms with Crippen LogP contribution in [-0.2, 0) is 6.42 Å². The quantitative estimate of drug-likeness (QED) is 0.209. The molecule has 2 rings (SSSR count). The third kappa shape index (κ3) is 9.97. The number of hydrogen-bond donors (Lipinski definition) is 4. The number of aliphatic imine (C=N–C) groups is 1. The smallest absolute Gasteiger partial charge is 0.251 e. The molecule has 7 nitrogen and oxygen atoms in total. The molecule has 2 aromatic carbocycles. The van der Waals surface area contributed by atoms with Crippen LogP contribution in [0.4, 0.5) is 4.39 Å². The average Bonchev–Trinajstić information content (AvgIpc) is 2.76. The van der Waals surface area contributed by atoms with Crippen LogP contribution in [-0.4, -0.2) is 56.4 Å². The summed E-state index contributed by atoms with van der Waals surface area (Å²) >= 11 is 0. The molecule has 0 aliphatic heterocycles. The molecular formula is C22H30FIN4O3. The normalized spacial score (nSPS) is 11.8. The van der Waals surface area contributed by atoms with Crippen LogP contribution in [0.2, 0.25) is 0 Å². The summed E-state index contributed by atoms with van der Waals surface area (Å²) in [6.45, 7) is 3.47. The molecular weight excluding hydrogens is 514 g/mol. The van der Waals surface area contributed by atoms with Crippen LogP contribution in [0.5, 0.6) is 5.75 Å². The topological polar surface area (TPSA) is 95.0 Å². The Morgan fingerprint density at radius 3 is 2.61 bits per heavy atom. The van der Waals surface area contributed by atoms with Gasteiger partial charge >= 0.3 is 0 Å². The molecule has 170 valence electrons. The zero-order valence-corrected chi connectivity index (χ0v) is 20.1. The lowest BCUT2D eigenvalue weighted by molar-refractivity contribution is 0.0963. The van der Waals surface area contributed by atoms with Gasteiger partial charge in [-0.15, -0.1) is 24.0 Å². The van der Waals surface area contributed by atoms with Gasteiger partial charge in [-0.25, -0.2) is 4.39 Å². The Hall–Kier alpha value is -2.40. The largest absolute Gasteiger partial charge is 0.491 e. The van der Waals surface area contributed by atoms with E-state index in [2.05, 4.69) is 20.9 Å². The zero-order valence-electron chi connectivity index (χ0n) is 17.7. The second-order valence-corrected chi connectivity index (χ2v) is 6.59. The molecule has 31 heavy (non-hydrogen) atoms.